The Bertz CT molecular complexity index is 779. The highest BCUT2D eigenvalue weighted by Gasteiger charge is 2.36. The van der Waals surface area contributed by atoms with Crippen molar-refractivity contribution in [3.63, 3.8) is 0 Å². The van der Waals surface area contributed by atoms with E-state index in [0.717, 1.165) is 18.3 Å². The van der Waals surface area contributed by atoms with Crippen LogP contribution in [0.5, 0.6) is 5.06 Å². The Labute approximate surface area is 147 Å². The predicted octanol–water partition coefficient (Wildman–Crippen LogP) is 4.14. The molecule has 2 aromatic rings. The first-order valence-electron chi connectivity index (χ1n) is 6.98. The van der Waals surface area contributed by atoms with E-state index in [2.05, 4.69) is 4.98 Å². The van der Waals surface area contributed by atoms with Gasteiger partial charge in [0.25, 0.3) is 11.3 Å². The number of rotatable bonds is 6. The molecule has 0 saturated heterocycles. The molecule has 0 aliphatic carbocycles. The number of nitrogens with zero attached hydrogens (tertiary/aromatic N) is 2. The molecule has 0 bridgehead atoms. The van der Waals surface area contributed by atoms with Crippen LogP contribution in [-0.2, 0) is 22.2 Å². The molecule has 1 N–H and O–H groups in total. The number of thiazole rings is 1. The van der Waals surface area contributed by atoms with Crippen LogP contribution in [-0.4, -0.2) is 19.7 Å². The smallest absolute Gasteiger partial charge is 0.414 e. The molecular formula is C14H13F3N2O4S2. The second kappa shape index (κ2) is 7.93. The van der Waals surface area contributed by atoms with Crippen LogP contribution in [0.2, 0.25) is 0 Å². The summed E-state index contributed by atoms with van der Waals surface area (Å²) in [5.41, 5.74) is -1.62. The standard InChI is InChI=1S/C14H13F3N2O4S2/c1-2-5-11(20)23-12-8-18-13(24-12)19(25(21)22)10-7-4-3-6-9(10)14(15,16)17/h3-4,6-8H,2,5H2,1H3,(H,21,22). The normalized spacial score (nSPS) is 12.7. The maximum Gasteiger partial charge on any atom is 0.418 e. The highest BCUT2D eigenvalue weighted by Crippen LogP contribution is 2.41. The van der Waals surface area contributed by atoms with E-state index in [-0.39, 0.29) is 16.6 Å². The topological polar surface area (TPSA) is 79.7 Å². The Morgan fingerprint density at radius 2 is 2.08 bits per heavy atom. The van der Waals surface area contributed by atoms with Crippen LogP contribution in [0.1, 0.15) is 25.3 Å². The van der Waals surface area contributed by atoms with Gasteiger partial charge in [0.1, 0.15) is 0 Å². The molecule has 1 aromatic heterocycles. The number of para-hydroxylation sites is 1. The number of esters is 1. The molecule has 0 spiro atoms. The Morgan fingerprint density at radius 1 is 1.40 bits per heavy atom. The zero-order valence-electron chi connectivity index (χ0n) is 12.8. The Kier molecular flexibility index (Phi) is 6.14. The number of hydrogen-bond acceptors (Lipinski definition) is 5. The van der Waals surface area contributed by atoms with E-state index in [0.29, 0.717) is 22.1 Å². The van der Waals surface area contributed by atoms with Crippen LogP contribution in [0.4, 0.5) is 24.0 Å². The number of benzene rings is 1. The Morgan fingerprint density at radius 3 is 2.68 bits per heavy atom. The number of hydrogen-bond donors (Lipinski definition) is 1. The molecule has 1 unspecified atom stereocenters. The van der Waals surface area contributed by atoms with Gasteiger partial charge in [0.05, 0.1) is 17.4 Å². The minimum atomic E-state index is -4.72. The molecule has 0 amide bonds. The van der Waals surface area contributed by atoms with Crippen molar-refractivity contribution in [3.05, 3.63) is 36.0 Å². The monoisotopic (exact) mass is 394 g/mol. The number of alkyl halides is 3. The summed E-state index contributed by atoms with van der Waals surface area (Å²) in [6.45, 7) is 1.78. The molecule has 1 aromatic carbocycles. The highest BCUT2D eigenvalue weighted by atomic mass is 32.2. The minimum Gasteiger partial charge on any atom is -0.414 e. The lowest BCUT2D eigenvalue weighted by molar-refractivity contribution is -0.137. The Hall–Kier alpha value is -1.98. The number of aromatic nitrogens is 1. The maximum atomic E-state index is 13.2. The number of anilines is 2. The first-order valence-corrected chi connectivity index (χ1v) is 8.86. The summed E-state index contributed by atoms with van der Waals surface area (Å²) < 4.78 is 66.1. The molecule has 6 nitrogen and oxygen atoms in total. The molecule has 0 aliphatic rings. The van der Waals surface area contributed by atoms with Crippen molar-refractivity contribution in [2.45, 2.75) is 25.9 Å². The first-order chi connectivity index (χ1) is 11.7. The summed E-state index contributed by atoms with van der Waals surface area (Å²) in [7, 11) is 0. The van der Waals surface area contributed by atoms with E-state index in [1.165, 1.54) is 12.1 Å². The zero-order valence-corrected chi connectivity index (χ0v) is 14.5. The SMILES string of the molecule is CCCC(=O)Oc1cnc(N(c2ccccc2C(F)(F)F)S(=O)O)s1. The lowest BCUT2D eigenvalue weighted by Gasteiger charge is -2.21. The molecule has 1 heterocycles. The third-order valence-electron chi connectivity index (χ3n) is 2.90. The van der Waals surface area contributed by atoms with Crippen molar-refractivity contribution in [3.8, 4) is 5.06 Å². The molecule has 136 valence electrons. The van der Waals surface area contributed by atoms with Gasteiger partial charge in [-0.05, 0) is 18.6 Å². The van der Waals surface area contributed by atoms with Crippen LogP contribution in [0.15, 0.2) is 30.5 Å². The molecule has 25 heavy (non-hydrogen) atoms. The van der Waals surface area contributed by atoms with Gasteiger partial charge in [-0.25, -0.2) is 13.5 Å². The quantitative estimate of drug-likeness (QED) is 0.588. The largest absolute Gasteiger partial charge is 0.418 e. The van der Waals surface area contributed by atoms with Crippen LogP contribution in [0, 0.1) is 0 Å². The molecule has 2 rings (SSSR count). The molecule has 0 saturated carbocycles. The Balaban J connectivity index is 2.40. The van der Waals surface area contributed by atoms with E-state index in [4.69, 9.17) is 4.74 Å². The third-order valence-corrected chi connectivity index (χ3v) is 4.56. The van der Waals surface area contributed by atoms with Crippen LogP contribution in [0.3, 0.4) is 0 Å². The molecule has 11 heteroatoms. The van der Waals surface area contributed by atoms with Gasteiger partial charge >= 0.3 is 12.1 Å². The number of carbonyl (C=O) groups excluding carboxylic acids is 1. The zero-order chi connectivity index (χ0) is 18.6. The number of halogens is 3. The minimum absolute atomic E-state index is 0.0217. The fraction of sp³-hybridized carbons (Fsp3) is 0.286. The van der Waals surface area contributed by atoms with Crippen molar-refractivity contribution in [1.29, 1.82) is 0 Å². The van der Waals surface area contributed by atoms with Gasteiger partial charge in [-0.3, -0.25) is 9.35 Å². The van der Waals surface area contributed by atoms with Gasteiger partial charge in [-0.2, -0.15) is 13.2 Å². The predicted molar refractivity (Wildman–Crippen MR) is 87.0 cm³/mol. The van der Waals surface area contributed by atoms with Gasteiger partial charge in [0, 0.05) is 6.42 Å². The summed E-state index contributed by atoms with van der Waals surface area (Å²) in [6, 6.07) is 4.33. The summed E-state index contributed by atoms with van der Waals surface area (Å²) in [6.07, 6.45) is -2.87. The lowest BCUT2D eigenvalue weighted by atomic mass is 10.2. The second-order valence-electron chi connectivity index (χ2n) is 4.73. The van der Waals surface area contributed by atoms with Crippen LogP contribution >= 0.6 is 11.3 Å². The lowest BCUT2D eigenvalue weighted by Crippen LogP contribution is -2.22. The van der Waals surface area contributed by atoms with Crippen LogP contribution in [0.25, 0.3) is 0 Å². The number of ether oxygens (including phenoxy) is 1. The average Bonchev–Trinajstić information content (AvgIpc) is 2.94. The summed E-state index contributed by atoms with van der Waals surface area (Å²) in [4.78, 5) is 15.3. The van der Waals surface area contributed by atoms with E-state index in [1.54, 1.807) is 6.92 Å². The van der Waals surface area contributed by atoms with Gasteiger partial charge in [-0.15, -0.1) is 0 Å². The van der Waals surface area contributed by atoms with Gasteiger partial charge in [0.2, 0.25) is 10.2 Å². The van der Waals surface area contributed by atoms with Crippen molar-refractivity contribution < 1.29 is 31.5 Å². The molecular weight excluding hydrogens is 381 g/mol. The van der Waals surface area contributed by atoms with Crippen molar-refractivity contribution in [2.75, 3.05) is 4.31 Å². The fourth-order valence-electron chi connectivity index (χ4n) is 1.90. The van der Waals surface area contributed by atoms with Crippen molar-refractivity contribution in [1.82, 2.24) is 4.98 Å². The van der Waals surface area contributed by atoms with E-state index < -0.39 is 34.7 Å². The van der Waals surface area contributed by atoms with Gasteiger partial charge in [0.15, 0.2) is 0 Å². The van der Waals surface area contributed by atoms with E-state index in [1.807, 2.05) is 0 Å². The van der Waals surface area contributed by atoms with Crippen molar-refractivity contribution >= 4 is 39.4 Å². The summed E-state index contributed by atoms with van der Waals surface area (Å²) >= 11 is -2.12. The summed E-state index contributed by atoms with van der Waals surface area (Å²) in [5, 5.41) is -0.190. The first kappa shape index (κ1) is 19.3. The summed E-state index contributed by atoms with van der Waals surface area (Å²) in [5.74, 6) is -0.523. The van der Waals surface area contributed by atoms with Gasteiger partial charge < -0.3 is 4.74 Å². The van der Waals surface area contributed by atoms with E-state index >= 15 is 0 Å². The fourth-order valence-corrected chi connectivity index (χ4v) is 3.42. The highest BCUT2D eigenvalue weighted by molar-refractivity contribution is 7.81. The molecule has 1 atom stereocenters. The van der Waals surface area contributed by atoms with Gasteiger partial charge in [-0.1, -0.05) is 30.4 Å². The molecule has 0 radical (unpaired) electrons. The third kappa shape index (κ3) is 4.77. The van der Waals surface area contributed by atoms with Crippen molar-refractivity contribution in [2.24, 2.45) is 0 Å². The van der Waals surface area contributed by atoms with Crippen LogP contribution < -0.4 is 9.04 Å². The van der Waals surface area contributed by atoms with E-state index in [9.17, 15) is 26.7 Å². The molecule has 0 aliphatic heterocycles. The average molecular weight is 394 g/mol. The maximum absolute atomic E-state index is 13.2. The second-order valence-corrected chi connectivity index (χ2v) is 6.52. The number of carbonyl (C=O) groups is 1. The molecule has 0 fully saturated rings.